The van der Waals surface area contributed by atoms with E-state index in [0.717, 1.165) is 23.5 Å². The van der Waals surface area contributed by atoms with Crippen LogP contribution in [0.4, 0.5) is 0 Å². The Bertz CT molecular complexity index is 866. The monoisotopic (exact) mass is 339 g/mol. The maximum atomic E-state index is 12.6. The Morgan fingerprint density at radius 3 is 2.84 bits per heavy atom. The van der Waals surface area contributed by atoms with Gasteiger partial charge in [0.25, 0.3) is 5.91 Å². The van der Waals surface area contributed by atoms with Gasteiger partial charge in [0.15, 0.2) is 5.76 Å². The third-order valence-electron chi connectivity index (χ3n) is 3.63. The highest BCUT2D eigenvalue weighted by Gasteiger charge is 2.14. The Morgan fingerprint density at radius 1 is 1.32 bits per heavy atom. The molecule has 7 nitrogen and oxygen atoms in total. The van der Waals surface area contributed by atoms with E-state index in [1.807, 2.05) is 51.6 Å². The summed E-state index contributed by atoms with van der Waals surface area (Å²) in [6.07, 6.45) is 3.75. The first-order valence-electron chi connectivity index (χ1n) is 8.01. The molecule has 1 N–H and O–H groups in total. The molecule has 2 heterocycles. The van der Waals surface area contributed by atoms with Crippen molar-refractivity contribution in [3.05, 3.63) is 65.3 Å². The maximum Gasteiger partial charge on any atom is 0.253 e. The minimum atomic E-state index is -0.186. The summed E-state index contributed by atoms with van der Waals surface area (Å²) in [5, 5.41) is 11.1. The van der Waals surface area contributed by atoms with E-state index < -0.39 is 0 Å². The highest BCUT2D eigenvalue weighted by molar-refractivity contribution is 5.97. The average Bonchev–Trinajstić information content (AvgIpc) is 3.21. The van der Waals surface area contributed by atoms with Crippen molar-refractivity contribution in [2.24, 2.45) is 0 Å². The smallest absolute Gasteiger partial charge is 0.253 e. The third-order valence-corrected chi connectivity index (χ3v) is 3.63. The Kier molecular flexibility index (Phi) is 4.95. The number of hydrogen-bond acceptors (Lipinski definition) is 5. The summed E-state index contributed by atoms with van der Waals surface area (Å²) in [5.74, 6) is 0.435. The van der Waals surface area contributed by atoms with Gasteiger partial charge in [0, 0.05) is 24.4 Å². The second kappa shape index (κ2) is 7.31. The van der Waals surface area contributed by atoms with Gasteiger partial charge in [-0.15, -0.1) is 0 Å². The van der Waals surface area contributed by atoms with Crippen LogP contribution in [0.15, 0.2) is 47.2 Å². The molecule has 2 aromatic heterocycles. The first-order chi connectivity index (χ1) is 12.0. The van der Waals surface area contributed by atoms with E-state index in [9.17, 15) is 4.79 Å². The van der Waals surface area contributed by atoms with E-state index in [2.05, 4.69) is 20.5 Å². The van der Waals surface area contributed by atoms with Gasteiger partial charge in [-0.1, -0.05) is 17.3 Å². The molecule has 1 aromatic carbocycles. The quantitative estimate of drug-likeness (QED) is 0.745. The van der Waals surface area contributed by atoms with Gasteiger partial charge in [-0.3, -0.25) is 4.79 Å². The van der Waals surface area contributed by atoms with E-state index in [4.69, 9.17) is 4.52 Å². The van der Waals surface area contributed by atoms with E-state index >= 15 is 0 Å². The molecule has 1 amide bonds. The highest BCUT2D eigenvalue weighted by Crippen LogP contribution is 2.15. The normalized spacial score (nSPS) is 11.0. The number of rotatable bonds is 6. The van der Waals surface area contributed by atoms with Gasteiger partial charge in [-0.2, -0.15) is 5.10 Å². The lowest BCUT2D eigenvalue weighted by Crippen LogP contribution is -2.24. The number of nitrogens with zero attached hydrogens (tertiary/aromatic N) is 4. The lowest BCUT2D eigenvalue weighted by atomic mass is 10.1. The minimum Gasteiger partial charge on any atom is -0.359 e. The van der Waals surface area contributed by atoms with Crippen molar-refractivity contribution in [3.8, 4) is 5.69 Å². The second-order valence-corrected chi connectivity index (χ2v) is 6.17. The fourth-order valence-corrected chi connectivity index (χ4v) is 2.57. The number of carbonyl (C=O) groups is 1. The molecule has 130 valence electrons. The summed E-state index contributed by atoms with van der Waals surface area (Å²) >= 11 is 0. The second-order valence-electron chi connectivity index (χ2n) is 6.17. The summed E-state index contributed by atoms with van der Waals surface area (Å²) in [5.41, 5.74) is 3.16. The van der Waals surface area contributed by atoms with Crippen molar-refractivity contribution in [3.63, 3.8) is 0 Å². The molecule has 0 radical (unpaired) electrons. The molecular weight excluding hydrogens is 318 g/mol. The molecule has 7 heteroatoms. The molecule has 0 atom stereocenters. The van der Waals surface area contributed by atoms with Crippen molar-refractivity contribution in [2.45, 2.75) is 20.0 Å². The van der Waals surface area contributed by atoms with Gasteiger partial charge < -0.3 is 14.7 Å². The predicted molar refractivity (Wildman–Crippen MR) is 93.4 cm³/mol. The van der Waals surface area contributed by atoms with Crippen LogP contribution in [0.1, 0.15) is 27.4 Å². The molecule has 0 saturated heterocycles. The van der Waals surface area contributed by atoms with Crippen molar-refractivity contribution in [2.75, 3.05) is 14.1 Å². The van der Waals surface area contributed by atoms with Crippen LogP contribution in [0.2, 0.25) is 0 Å². The molecule has 0 aliphatic heterocycles. The van der Waals surface area contributed by atoms with E-state index in [0.29, 0.717) is 17.9 Å². The molecule has 0 saturated carbocycles. The van der Waals surface area contributed by atoms with Crippen molar-refractivity contribution in [1.29, 1.82) is 0 Å². The first kappa shape index (κ1) is 16.9. The van der Waals surface area contributed by atoms with Crippen molar-refractivity contribution < 1.29 is 9.32 Å². The van der Waals surface area contributed by atoms with Gasteiger partial charge in [0.1, 0.15) is 0 Å². The van der Waals surface area contributed by atoms with Crippen LogP contribution in [-0.4, -0.2) is 39.8 Å². The molecule has 0 unspecified atom stereocenters. The predicted octanol–water partition coefficient (Wildman–Crippen LogP) is 2.16. The number of aryl methyl sites for hydroxylation is 1. The number of hydrogen-bond donors (Lipinski definition) is 1. The van der Waals surface area contributed by atoms with Gasteiger partial charge in [0.2, 0.25) is 0 Å². The molecule has 0 aliphatic carbocycles. The summed E-state index contributed by atoms with van der Waals surface area (Å²) in [7, 11) is 4.01. The molecule has 3 rings (SSSR count). The lowest BCUT2D eigenvalue weighted by molar-refractivity contribution is 0.0947. The number of benzene rings is 1. The fourth-order valence-electron chi connectivity index (χ4n) is 2.57. The zero-order valence-electron chi connectivity index (χ0n) is 14.6. The largest absolute Gasteiger partial charge is 0.359 e. The van der Waals surface area contributed by atoms with Crippen LogP contribution < -0.4 is 5.32 Å². The molecule has 0 bridgehead atoms. The number of aromatic nitrogens is 3. The Labute approximate surface area is 146 Å². The molecule has 0 spiro atoms. The Balaban J connectivity index is 1.78. The van der Waals surface area contributed by atoms with Crippen LogP contribution in [-0.2, 0) is 13.1 Å². The molecule has 0 fully saturated rings. The first-order valence-corrected chi connectivity index (χ1v) is 8.01. The number of carbonyl (C=O) groups excluding carboxylic acids is 1. The Hall–Kier alpha value is -2.93. The van der Waals surface area contributed by atoms with Crippen LogP contribution in [0.25, 0.3) is 5.69 Å². The SMILES string of the molecule is Cc1cc(CNC(=O)c2ccccc2-n2cc(CN(C)C)cn2)on1. The summed E-state index contributed by atoms with van der Waals surface area (Å²) in [6.45, 7) is 2.92. The van der Waals surface area contributed by atoms with Gasteiger partial charge >= 0.3 is 0 Å². The van der Waals surface area contributed by atoms with Gasteiger partial charge in [-0.25, -0.2) is 4.68 Å². The standard InChI is InChI=1S/C18H21N5O2/c1-13-8-15(25-21-13)10-19-18(24)16-6-4-5-7-17(16)23-12-14(9-20-23)11-22(2)3/h4-9,12H,10-11H2,1-3H3,(H,19,24). The minimum absolute atomic E-state index is 0.186. The lowest BCUT2D eigenvalue weighted by Gasteiger charge is -2.10. The highest BCUT2D eigenvalue weighted by atomic mass is 16.5. The topological polar surface area (TPSA) is 76.2 Å². The van der Waals surface area contributed by atoms with Crippen molar-refractivity contribution >= 4 is 5.91 Å². The molecular formula is C18H21N5O2. The van der Waals surface area contributed by atoms with Crippen LogP contribution in [0.5, 0.6) is 0 Å². The molecule has 0 aliphatic rings. The summed E-state index contributed by atoms with van der Waals surface area (Å²) in [6, 6.07) is 9.18. The van der Waals surface area contributed by atoms with Crippen LogP contribution in [0.3, 0.4) is 0 Å². The maximum absolute atomic E-state index is 12.6. The van der Waals surface area contributed by atoms with Gasteiger partial charge in [0.05, 0.1) is 29.7 Å². The van der Waals surface area contributed by atoms with E-state index in [1.165, 1.54) is 0 Å². The fraction of sp³-hybridized carbons (Fsp3) is 0.278. The zero-order valence-corrected chi connectivity index (χ0v) is 14.6. The average molecular weight is 339 g/mol. The van der Waals surface area contributed by atoms with Crippen molar-refractivity contribution in [1.82, 2.24) is 25.2 Å². The van der Waals surface area contributed by atoms with Crippen LogP contribution >= 0.6 is 0 Å². The summed E-state index contributed by atoms with van der Waals surface area (Å²) < 4.78 is 6.85. The van der Waals surface area contributed by atoms with Crippen LogP contribution in [0, 0.1) is 6.92 Å². The zero-order chi connectivity index (χ0) is 17.8. The number of amides is 1. The van der Waals surface area contributed by atoms with E-state index in [-0.39, 0.29) is 5.91 Å². The molecule has 25 heavy (non-hydrogen) atoms. The molecule has 3 aromatic rings. The number of para-hydroxylation sites is 1. The third kappa shape index (κ3) is 4.13. The van der Waals surface area contributed by atoms with Gasteiger partial charge in [-0.05, 0) is 33.2 Å². The van der Waals surface area contributed by atoms with E-state index in [1.54, 1.807) is 16.8 Å². The summed E-state index contributed by atoms with van der Waals surface area (Å²) in [4.78, 5) is 14.6. The Morgan fingerprint density at radius 2 is 2.12 bits per heavy atom. The number of nitrogens with one attached hydrogen (secondary N) is 1.